The molecule has 1 aliphatic rings. The molecule has 0 saturated heterocycles. The first-order chi connectivity index (χ1) is 12.8. The summed E-state index contributed by atoms with van der Waals surface area (Å²) in [4.78, 5) is 12.1. The van der Waals surface area contributed by atoms with Crippen molar-refractivity contribution in [3.8, 4) is 0 Å². The molecule has 0 unspecified atom stereocenters. The van der Waals surface area contributed by atoms with Gasteiger partial charge in [0, 0.05) is 13.7 Å². The minimum absolute atomic E-state index is 0.0885. The second kappa shape index (κ2) is 7.72. The van der Waals surface area contributed by atoms with Crippen LogP contribution < -0.4 is 5.32 Å². The van der Waals surface area contributed by atoms with Gasteiger partial charge in [-0.15, -0.1) is 0 Å². The van der Waals surface area contributed by atoms with Crippen molar-refractivity contribution in [1.29, 1.82) is 0 Å². The molecule has 1 aliphatic carbocycles. The van der Waals surface area contributed by atoms with Gasteiger partial charge in [0.2, 0.25) is 5.91 Å². The summed E-state index contributed by atoms with van der Waals surface area (Å²) in [6, 6.07) is 12.8. The molecule has 1 N–H and O–H groups in total. The lowest BCUT2D eigenvalue weighted by Crippen LogP contribution is -2.36. The maximum atomic E-state index is 12.7. The molecule has 0 atom stereocenters. The predicted molar refractivity (Wildman–Crippen MR) is 96.0 cm³/mol. The van der Waals surface area contributed by atoms with Crippen molar-refractivity contribution in [3.05, 3.63) is 70.8 Å². The molecule has 0 heterocycles. The van der Waals surface area contributed by atoms with Crippen molar-refractivity contribution >= 4 is 5.91 Å². The van der Waals surface area contributed by atoms with Crippen LogP contribution in [0.25, 0.3) is 0 Å². The standard InChI is InChI=1S/C21H22F3NO2/c1-27-20(10-3-11-20)17-8-6-15(7-9-17)14-25-19(26)13-16-4-2-5-18(12-16)21(22,23)24/h2,4-9,12H,3,10-11,13-14H2,1H3,(H,25,26). The van der Waals surface area contributed by atoms with Crippen LogP contribution in [0.15, 0.2) is 48.5 Å². The van der Waals surface area contributed by atoms with Crippen molar-refractivity contribution < 1.29 is 22.7 Å². The quantitative estimate of drug-likeness (QED) is 0.800. The van der Waals surface area contributed by atoms with Crippen LogP contribution in [0.1, 0.15) is 41.5 Å². The van der Waals surface area contributed by atoms with E-state index in [9.17, 15) is 18.0 Å². The van der Waals surface area contributed by atoms with Crippen molar-refractivity contribution in [2.45, 2.75) is 44.0 Å². The fraction of sp³-hybridized carbons (Fsp3) is 0.381. The average Bonchev–Trinajstić information content (AvgIpc) is 2.60. The number of methoxy groups -OCH3 is 1. The first kappa shape index (κ1) is 19.4. The Balaban J connectivity index is 1.55. The molecule has 6 heteroatoms. The lowest BCUT2D eigenvalue weighted by molar-refractivity contribution is -0.137. The van der Waals surface area contributed by atoms with Gasteiger partial charge in [-0.1, -0.05) is 42.5 Å². The average molecular weight is 377 g/mol. The Morgan fingerprint density at radius 2 is 1.81 bits per heavy atom. The molecule has 27 heavy (non-hydrogen) atoms. The van der Waals surface area contributed by atoms with Crippen LogP contribution >= 0.6 is 0 Å². The summed E-state index contributed by atoms with van der Waals surface area (Å²) in [6.07, 6.45) is -1.32. The molecule has 3 rings (SSSR count). The second-order valence-corrected chi connectivity index (χ2v) is 6.90. The maximum Gasteiger partial charge on any atom is 0.416 e. The minimum Gasteiger partial charge on any atom is -0.374 e. The monoisotopic (exact) mass is 377 g/mol. The number of alkyl halides is 3. The zero-order valence-electron chi connectivity index (χ0n) is 15.1. The number of benzene rings is 2. The van der Waals surface area contributed by atoms with E-state index in [0.717, 1.165) is 42.5 Å². The zero-order valence-corrected chi connectivity index (χ0v) is 15.1. The molecule has 1 fully saturated rings. The first-order valence-corrected chi connectivity index (χ1v) is 8.90. The van der Waals surface area contributed by atoms with Gasteiger partial charge in [-0.05, 0) is 42.0 Å². The number of hydrogen-bond donors (Lipinski definition) is 1. The van der Waals surface area contributed by atoms with Crippen LogP contribution in [-0.4, -0.2) is 13.0 Å². The Morgan fingerprint density at radius 1 is 1.11 bits per heavy atom. The summed E-state index contributed by atoms with van der Waals surface area (Å²) in [5.74, 6) is -0.314. The lowest BCUT2D eigenvalue weighted by Gasteiger charge is -2.41. The van der Waals surface area contributed by atoms with E-state index in [2.05, 4.69) is 5.32 Å². The Morgan fingerprint density at radius 3 is 2.37 bits per heavy atom. The van der Waals surface area contributed by atoms with Crippen LogP contribution in [0, 0.1) is 0 Å². The third kappa shape index (κ3) is 4.50. The first-order valence-electron chi connectivity index (χ1n) is 8.90. The van der Waals surface area contributed by atoms with Crippen molar-refractivity contribution in [2.75, 3.05) is 7.11 Å². The van der Waals surface area contributed by atoms with E-state index in [1.807, 2.05) is 24.3 Å². The highest BCUT2D eigenvalue weighted by Crippen LogP contribution is 2.44. The third-order valence-corrected chi connectivity index (χ3v) is 5.14. The Kier molecular flexibility index (Phi) is 5.56. The van der Waals surface area contributed by atoms with Crippen molar-refractivity contribution in [3.63, 3.8) is 0 Å². The number of ether oxygens (including phenoxy) is 1. The van der Waals surface area contributed by atoms with Gasteiger partial charge in [0.05, 0.1) is 17.6 Å². The van der Waals surface area contributed by atoms with E-state index < -0.39 is 11.7 Å². The smallest absolute Gasteiger partial charge is 0.374 e. The topological polar surface area (TPSA) is 38.3 Å². The van der Waals surface area contributed by atoms with Crippen LogP contribution in [0.3, 0.4) is 0 Å². The summed E-state index contributed by atoms with van der Waals surface area (Å²) in [5.41, 5.74) is 1.49. The Bertz CT molecular complexity index is 790. The van der Waals surface area contributed by atoms with E-state index in [1.54, 1.807) is 7.11 Å². The van der Waals surface area contributed by atoms with Crippen LogP contribution in [0.5, 0.6) is 0 Å². The van der Waals surface area contributed by atoms with E-state index in [0.29, 0.717) is 12.1 Å². The lowest BCUT2D eigenvalue weighted by atomic mass is 9.75. The number of carbonyl (C=O) groups excluding carboxylic acids is 1. The molecule has 144 valence electrons. The number of halogens is 3. The van der Waals surface area contributed by atoms with Crippen molar-refractivity contribution in [2.24, 2.45) is 0 Å². The summed E-state index contributed by atoms with van der Waals surface area (Å²) in [5, 5.41) is 2.75. The molecule has 0 aliphatic heterocycles. The van der Waals surface area contributed by atoms with E-state index >= 15 is 0 Å². The van der Waals surface area contributed by atoms with Gasteiger partial charge in [0.25, 0.3) is 0 Å². The number of rotatable bonds is 6. The van der Waals surface area contributed by atoms with Gasteiger partial charge in [0.15, 0.2) is 0 Å². The summed E-state index contributed by atoms with van der Waals surface area (Å²) >= 11 is 0. The fourth-order valence-electron chi connectivity index (χ4n) is 3.34. The number of hydrogen-bond acceptors (Lipinski definition) is 2. The third-order valence-electron chi connectivity index (χ3n) is 5.14. The predicted octanol–water partition coefficient (Wildman–Crippen LogP) is 4.59. The highest BCUT2D eigenvalue weighted by molar-refractivity contribution is 5.78. The van der Waals surface area contributed by atoms with Crippen molar-refractivity contribution in [1.82, 2.24) is 5.32 Å². The largest absolute Gasteiger partial charge is 0.416 e. The second-order valence-electron chi connectivity index (χ2n) is 6.90. The molecule has 1 saturated carbocycles. The Labute approximate surface area is 156 Å². The summed E-state index contributed by atoms with van der Waals surface area (Å²) in [6.45, 7) is 0.331. The molecule has 2 aromatic rings. The molecule has 2 aromatic carbocycles. The van der Waals surface area contributed by atoms with Crippen LogP contribution in [-0.2, 0) is 34.3 Å². The highest BCUT2D eigenvalue weighted by atomic mass is 19.4. The van der Waals surface area contributed by atoms with E-state index in [1.165, 1.54) is 12.1 Å². The molecule has 1 amide bonds. The minimum atomic E-state index is -4.41. The fourth-order valence-corrected chi connectivity index (χ4v) is 3.34. The summed E-state index contributed by atoms with van der Waals surface area (Å²) < 4.78 is 43.9. The molecule has 0 aromatic heterocycles. The van der Waals surface area contributed by atoms with Gasteiger partial charge >= 0.3 is 6.18 Å². The zero-order chi connectivity index (χ0) is 19.5. The highest BCUT2D eigenvalue weighted by Gasteiger charge is 2.38. The number of carbonyl (C=O) groups is 1. The number of nitrogens with one attached hydrogen (secondary N) is 1. The SMILES string of the molecule is COC1(c2ccc(CNC(=O)Cc3cccc(C(F)(F)F)c3)cc2)CCC1. The molecule has 3 nitrogen and oxygen atoms in total. The van der Waals surface area contributed by atoms with Crippen LogP contribution in [0.2, 0.25) is 0 Å². The molecular weight excluding hydrogens is 355 g/mol. The Hall–Kier alpha value is -2.34. The van der Waals surface area contributed by atoms with Gasteiger partial charge in [-0.25, -0.2) is 0 Å². The summed E-state index contributed by atoms with van der Waals surface area (Å²) in [7, 11) is 1.72. The van der Waals surface area contributed by atoms with E-state index in [4.69, 9.17) is 4.74 Å². The number of amides is 1. The molecule has 0 spiro atoms. The molecule has 0 radical (unpaired) electrons. The van der Waals surface area contributed by atoms with Gasteiger partial charge in [0.1, 0.15) is 0 Å². The van der Waals surface area contributed by atoms with E-state index in [-0.39, 0.29) is 17.9 Å². The maximum absolute atomic E-state index is 12.7. The van der Waals surface area contributed by atoms with Gasteiger partial charge in [-0.3, -0.25) is 4.79 Å². The normalized spacial score (nSPS) is 15.9. The molecule has 0 bridgehead atoms. The van der Waals surface area contributed by atoms with Crippen LogP contribution in [0.4, 0.5) is 13.2 Å². The molecular formula is C21H22F3NO2. The van der Waals surface area contributed by atoms with Gasteiger partial charge < -0.3 is 10.1 Å². The van der Waals surface area contributed by atoms with Gasteiger partial charge in [-0.2, -0.15) is 13.2 Å².